The van der Waals surface area contributed by atoms with Crippen molar-refractivity contribution in [2.45, 2.75) is 51.7 Å². The number of rotatable bonds is 6. The van der Waals surface area contributed by atoms with E-state index in [-0.39, 0.29) is 18.1 Å². The number of nitrogens with one attached hydrogen (secondary N) is 1. The van der Waals surface area contributed by atoms with Crippen molar-refractivity contribution in [2.24, 2.45) is 0 Å². The minimum Gasteiger partial charge on any atom is -0.468 e. The van der Waals surface area contributed by atoms with Crippen LogP contribution in [0, 0.1) is 0 Å². The lowest BCUT2D eigenvalue weighted by atomic mass is 10.1. The van der Waals surface area contributed by atoms with E-state index in [1.54, 1.807) is 0 Å². The van der Waals surface area contributed by atoms with E-state index < -0.39 is 0 Å². The average Bonchev–Trinajstić information content (AvgIpc) is 2.77. The Morgan fingerprint density at radius 1 is 1.43 bits per heavy atom. The summed E-state index contributed by atoms with van der Waals surface area (Å²) in [4.78, 5) is 14.3. The lowest BCUT2D eigenvalue weighted by Gasteiger charge is -2.27. The summed E-state index contributed by atoms with van der Waals surface area (Å²) in [5.41, 5.74) is 2.70. The summed E-state index contributed by atoms with van der Waals surface area (Å²) in [6.07, 6.45) is 1.83. The van der Waals surface area contributed by atoms with Crippen LogP contribution in [-0.2, 0) is 16.0 Å². The largest absolute Gasteiger partial charge is 0.468 e. The second kappa shape index (κ2) is 6.94. The number of benzene rings is 1. The zero-order valence-electron chi connectivity index (χ0n) is 13.4. The Kier molecular flexibility index (Phi) is 5.23. The molecule has 2 atom stereocenters. The van der Waals surface area contributed by atoms with Crippen molar-refractivity contribution in [2.75, 3.05) is 18.6 Å². The number of carbonyl (C=O) groups excluding carboxylic acids is 1. The first kappa shape index (κ1) is 15.8. The lowest BCUT2D eigenvalue weighted by molar-refractivity contribution is -0.143. The second-order valence-electron chi connectivity index (χ2n) is 6.06. The molecule has 0 amide bonds. The monoisotopic (exact) mass is 290 g/mol. The maximum absolute atomic E-state index is 11.9. The highest BCUT2D eigenvalue weighted by molar-refractivity contribution is 5.75. The minimum atomic E-state index is -0.241. The van der Waals surface area contributed by atoms with Crippen LogP contribution in [0.25, 0.3) is 0 Å². The number of hydrogen-bond donors (Lipinski definition) is 1. The molecule has 0 saturated carbocycles. The SMILES string of the molecule is COC(=O)C(CCN1c2ccccc2CC1C)NC(C)C. The first-order valence-corrected chi connectivity index (χ1v) is 7.71. The predicted octanol–water partition coefficient (Wildman–Crippen LogP) is 2.37. The van der Waals surface area contributed by atoms with Gasteiger partial charge in [-0.25, -0.2) is 0 Å². The number of hydrogen-bond acceptors (Lipinski definition) is 4. The van der Waals surface area contributed by atoms with E-state index in [0.717, 1.165) is 19.4 Å². The van der Waals surface area contributed by atoms with Crippen molar-refractivity contribution in [3.8, 4) is 0 Å². The molecule has 2 rings (SSSR count). The highest BCUT2D eigenvalue weighted by Gasteiger charge is 2.27. The quantitative estimate of drug-likeness (QED) is 0.817. The average molecular weight is 290 g/mol. The van der Waals surface area contributed by atoms with Gasteiger partial charge in [0.2, 0.25) is 0 Å². The number of para-hydroxylation sites is 1. The molecule has 4 nitrogen and oxygen atoms in total. The van der Waals surface area contributed by atoms with Gasteiger partial charge in [0.25, 0.3) is 0 Å². The van der Waals surface area contributed by atoms with Crippen molar-refractivity contribution in [3.63, 3.8) is 0 Å². The van der Waals surface area contributed by atoms with E-state index in [4.69, 9.17) is 4.74 Å². The molecule has 1 aromatic carbocycles. The number of esters is 1. The smallest absolute Gasteiger partial charge is 0.322 e. The van der Waals surface area contributed by atoms with Crippen molar-refractivity contribution >= 4 is 11.7 Å². The Labute approximate surface area is 127 Å². The van der Waals surface area contributed by atoms with Gasteiger partial charge in [-0.3, -0.25) is 4.79 Å². The summed E-state index contributed by atoms with van der Waals surface area (Å²) >= 11 is 0. The molecule has 4 heteroatoms. The van der Waals surface area contributed by atoms with Crippen LogP contribution in [0.15, 0.2) is 24.3 Å². The number of methoxy groups -OCH3 is 1. The van der Waals surface area contributed by atoms with E-state index in [1.807, 2.05) is 13.8 Å². The molecule has 0 fully saturated rings. The van der Waals surface area contributed by atoms with E-state index in [2.05, 4.69) is 41.4 Å². The fourth-order valence-electron chi connectivity index (χ4n) is 3.05. The van der Waals surface area contributed by atoms with Gasteiger partial charge in [-0.2, -0.15) is 0 Å². The Balaban J connectivity index is 2.02. The van der Waals surface area contributed by atoms with Crippen molar-refractivity contribution in [1.82, 2.24) is 5.32 Å². The molecule has 1 aliphatic heterocycles. The number of anilines is 1. The molecular formula is C17H26N2O2. The number of carbonyl (C=O) groups is 1. The van der Waals surface area contributed by atoms with Crippen molar-refractivity contribution in [1.29, 1.82) is 0 Å². The number of fused-ring (bicyclic) bond motifs is 1. The first-order chi connectivity index (χ1) is 10.0. The van der Waals surface area contributed by atoms with Gasteiger partial charge in [-0.1, -0.05) is 32.0 Å². The molecule has 1 aliphatic rings. The maximum atomic E-state index is 11.9. The zero-order chi connectivity index (χ0) is 15.4. The molecule has 1 N–H and O–H groups in total. The van der Waals surface area contributed by atoms with E-state index in [1.165, 1.54) is 18.4 Å². The molecule has 1 heterocycles. The molecule has 1 aromatic rings. The van der Waals surface area contributed by atoms with Crippen LogP contribution in [0.1, 0.15) is 32.8 Å². The number of ether oxygens (including phenoxy) is 1. The van der Waals surface area contributed by atoms with E-state index in [0.29, 0.717) is 6.04 Å². The second-order valence-corrected chi connectivity index (χ2v) is 6.06. The summed E-state index contributed by atoms with van der Waals surface area (Å²) in [7, 11) is 1.45. The molecule has 0 bridgehead atoms. The molecule has 0 aromatic heterocycles. The molecule has 0 spiro atoms. The van der Waals surface area contributed by atoms with Crippen molar-refractivity contribution < 1.29 is 9.53 Å². The van der Waals surface area contributed by atoms with Gasteiger partial charge < -0.3 is 15.0 Å². The van der Waals surface area contributed by atoms with Crippen LogP contribution < -0.4 is 10.2 Å². The standard InChI is InChI=1S/C17H26N2O2/c1-12(2)18-15(17(20)21-4)9-10-19-13(3)11-14-7-5-6-8-16(14)19/h5-8,12-13,15,18H,9-11H2,1-4H3. The molecule has 21 heavy (non-hydrogen) atoms. The topological polar surface area (TPSA) is 41.6 Å². The summed E-state index contributed by atoms with van der Waals surface area (Å²) in [6, 6.07) is 9.03. The van der Waals surface area contributed by atoms with Crippen LogP contribution >= 0.6 is 0 Å². The Morgan fingerprint density at radius 3 is 2.81 bits per heavy atom. The third kappa shape index (κ3) is 3.76. The first-order valence-electron chi connectivity index (χ1n) is 7.71. The van der Waals surface area contributed by atoms with Crippen LogP contribution in [-0.4, -0.2) is 37.7 Å². The highest BCUT2D eigenvalue weighted by Crippen LogP contribution is 2.31. The predicted molar refractivity (Wildman–Crippen MR) is 85.6 cm³/mol. The van der Waals surface area contributed by atoms with Gasteiger partial charge in [-0.05, 0) is 31.4 Å². The van der Waals surface area contributed by atoms with E-state index >= 15 is 0 Å². The van der Waals surface area contributed by atoms with E-state index in [9.17, 15) is 4.79 Å². The fraction of sp³-hybridized carbons (Fsp3) is 0.588. The molecule has 2 unspecified atom stereocenters. The molecule has 0 aliphatic carbocycles. The van der Waals surface area contributed by atoms with Gasteiger partial charge >= 0.3 is 5.97 Å². The Bertz CT molecular complexity index is 487. The third-order valence-electron chi connectivity index (χ3n) is 4.03. The number of nitrogens with zero attached hydrogens (tertiary/aromatic N) is 1. The molecule has 0 radical (unpaired) electrons. The van der Waals surface area contributed by atoms with Crippen LogP contribution in [0.4, 0.5) is 5.69 Å². The summed E-state index contributed by atoms with van der Waals surface area (Å²) in [5, 5.41) is 3.29. The molecular weight excluding hydrogens is 264 g/mol. The van der Waals surface area contributed by atoms with Gasteiger partial charge in [0.15, 0.2) is 0 Å². The fourth-order valence-corrected chi connectivity index (χ4v) is 3.05. The van der Waals surface area contributed by atoms with Crippen LogP contribution in [0.5, 0.6) is 0 Å². The van der Waals surface area contributed by atoms with Gasteiger partial charge in [-0.15, -0.1) is 0 Å². The third-order valence-corrected chi connectivity index (χ3v) is 4.03. The Hall–Kier alpha value is -1.55. The summed E-state index contributed by atoms with van der Waals surface area (Å²) < 4.78 is 4.90. The lowest BCUT2D eigenvalue weighted by Crippen LogP contribution is -2.44. The van der Waals surface area contributed by atoms with Gasteiger partial charge in [0, 0.05) is 24.3 Å². The summed E-state index contributed by atoms with van der Waals surface area (Å²) in [6.45, 7) is 7.19. The Morgan fingerprint density at radius 2 is 2.14 bits per heavy atom. The van der Waals surface area contributed by atoms with Gasteiger partial charge in [0.05, 0.1) is 7.11 Å². The molecule has 116 valence electrons. The summed E-state index contributed by atoms with van der Waals surface area (Å²) in [5.74, 6) is -0.177. The van der Waals surface area contributed by atoms with Crippen molar-refractivity contribution in [3.05, 3.63) is 29.8 Å². The minimum absolute atomic E-state index is 0.177. The zero-order valence-corrected chi connectivity index (χ0v) is 13.4. The maximum Gasteiger partial charge on any atom is 0.322 e. The molecule has 0 saturated heterocycles. The van der Waals surface area contributed by atoms with Crippen LogP contribution in [0.3, 0.4) is 0 Å². The highest BCUT2D eigenvalue weighted by atomic mass is 16.5. The normalized spacial score (nSPS) is 18.7. The van der Waals surface area contributed by atoms with Crippen LogP contribution in [0.2, 0.25) is 0 Å². The van der Waals surface area contributed by atoms with Gasteiger partial charge in [0.1, 0.15) is 6.04 Å².